The molecule has 0 unspecified atom stereocenters. The minimum absolute atomic E-state index is 0.0489. The van der Waals surface area contributed by atoms with E-state index < -0.39 is 30.0 Å². The number of hydrogen-bond donors (Lipinski definition) is 4. The molecule has 2 heterocycles. The highest BCUT2D eigenvalue weighted by Gasteiger charge is 2.26. The Labute approximate surface area is 165 Å². The highest BCUT2D eigenvalue weighted by atomic mass is 16.4. The first kappa shape index (κ1) is 19.9. The summed E-state index contributed by atoms with van der Waals surface area (Å²) in [7, 11) is 0. The lowest BCUT2D eigenvalue weighted by Gasteiger charge is -2.21. The topological polar surface area (TPSA) is 150 Å². The molecule has 0 saturated heterocycles. The van der Waals surface area contributed by atoms with Gasteiger partial charge in [-0.3, -0.25) is 4.99 Å². The average molecular weight is 396 g/mol. The van der Waals surface area contributed by atoms with Crippen molar-refractivity contribution >= 4 is 35.0 Å². The third kappa shape index (κ3) is 4.70. The lowest BCUT2D eigenvalue weighted by Crippen LogP contribution is -2.41. The van der Waals surface area contributed by atoms with Crippen LogP contribution in [0.25, 0.3) is 10.9 Å². The molecule has 2 aromatic rings. The van der Waals surface area contributed by atoms with E-state index >= 15 is 0 Å². The Hall–Kier alpha value is -3.88. The molecule has 0 aliphatic carbocycles. The predicted octanol–water partition coefficient (Wildman–Crippen LogP) is 1.20. The number of carboxylic acids is 3. The van der Waals surface area contributed by atoms with Gasteiger partial charge in [0.25, 0.3) is 0 Å². The van der Waals surface area contributed by atoms with E-state index in [0.717, 1.165) is 16.5 Å². The van der Waals surface area contributed by atoms with Crippen molar-refractivity contribution in [2.24, 2.45) is 4.99 Å². The van der Waals surface area contributed by atoms with Gasteiger partial charge in [-0.15, -0.1) is 5.52 Å². The summed E-state index contributed by atoms with van der Waals surface area (Å²) >= 11 is 0. The number of nitrogens with zero attached hydrogens (tertiary/aromatic N) is 2. The van der Waals surface area contributed by atoms with Gasteiger partial charge < -0.3 is 25.6 Å². The normalized spacial score (nSPS) is 19.1. The monoisotopic (exact) mass is 396 g/mol. The Morgan fingerprint density at radius 2 is 2.00 bits per heavy atom. The molecule has 1 aliphatic rings. The molecule has 3 rings (SSSR count). The highest BCUT2D eigenvalue weighted by Crippen LogP contribution is 2.20. The fourth-order valence-electron chi connectivity index (χ4n) is 3.04. The minimum Gasteiger partial charge on any atom is -0.663 e. The molecule has 2 atom stereocenters. The standard InChI is InChI=1S/C20H18N3O6/c24-18(25)15(9-12-10-22-14-4-2-1-3-13(12)14)21-6-5-11-7-16(19(26)27)23-17(8-11)20(28)29/h1-7,10,15,17H,8-9H2,(H,21,23)(H,24,25)(H,26,27)(H,28,29)/q-1/t15-,17+/m1/s1. The van der Waals surface area contributed by atoms with Gasteiger partial charge in [-0.2, -0.15) is 6.20 Å². The molecule has 0 radical (unpaired) electrons. The van der Waals surface area contributed by atoms with E-state index in [0.29, 0.717) is 5.57 Å². The van der Waals surface area contributed by atoms with Crippen LogP contribution in [0.2, 0.25) is 0 Å². The van der Waals surface area contributed by atoms with E-state index in [1.54, 1.807) is 6.20 Å². The van der Waals surface area contributed by atoms with Crippen LogP contribution >= 0.6 is 0 Å². The molecule has 4 N–H and O–H groups in total. The summed E-state index contributed by atoms with van der Waals surface area (Å²) < 4.78 is 0. The zero-order valence-electron chi connectivity index (χ0n) is 15.1. The van der Waals surface area contributed by atoms with Gasteiger partial charge in [0.2, 0.25) is 0 Å². The van der Waals surface area contributed by atoms with Gasteiger partial charge in [0.15, 0.2) is 6.04 Å². The summed E-state index contributed by atoms with van der Waals surface area (Å²) in [5, 5.41) is 31.0. The second kappa shape index (κ2) is 8.42. The van der Waals surface area contributed by atoms with Crippen LogP contribution in [0.5, 0.6) is 0 Å². The summed E-state index contributed by atoms with van der Waals surface area (Å²) in [5.41, 5.74) is 1.71. The van der Waals surface area contributed by atoms with Crippen LogP contribution in [0.15, 0.2) is 58.9 Å². The maximum Gasteiger partial charge on any atom is 0.351 e. The van der Waals surface area contributed by atoms with Gasteiger partial charge in [0.1, 0.15) is 11.7 Å². The molecule has 0 saturated carbocycles. The summed E-state index contributed by atoms with van der Waals surface area (Å²) in [5.74, 6) is -3.57. The van der Waals surface area contributed by atoms with Crippen molar-refractivity contribution in [1.29, 1.82) is 0 Å². The smallest absolute Gasteiger partial charge is 0.351 e. The van der Waals surface area contributed by atoms with Crippen LogP contribution in [0.4, 0.5) is 0 Å². The van der Waals surface area contributed by atoms with Crippen LogP contribution in [-0.4, -0.2) is 51.5 Å². The Bertz CT molecular complexity index is 1050. The molecule has 0 bridgehead atoms. The Morgan fingerprint density at radius 1 is 1.24 bits per heavy atom. The second-order valence-electron chi connectivity index (χ2n) is 6.50. The van der Waals surface area contributed by atoms with Crippen LogP contribution in [-0.2, 0) is 20.8 Å². The first-order valence-electron chi connectivity index (χ1n) is 8.74. The lowest BCUT2D eigenvalue weighted by atomic mass is 10.00. The number of nitrogens with one attached hydrogen (secondary N) is 1. The summed E-state index contributed by atoms with van der Waals surface area (Å²) in [6.45, 7) is 0. The largest absolute Gasteiger partial charge is 0.663 e. The molecule has 0 spiro atoms. The van der Waals surface area contributed by atoms with Crippen molar-refractivity contribution in [3.8, 4) is 0 Å². The third-order valence-corrected chi connectivity index (χ3v) is 4.49. The van der Waals surface area contributed by atoms with E-state index in [2.05, 4.69) is 15.3 Å². The fourth-order valence-corrected chi connectivity index (χ4v) is 3.04. The highest BCUT2D eigenvalue weighted by molar-refractivity contribution is 5.90. The van der Waals surface area contributed by atoms with Crippen LogP contribution < -0.4 is 10.3 Å². The number of aliphatic carboxylic acids is 3. The molecular formula is C20H18N3O6-. The van der Waals surface area contributed by atoms with E-state index in [1.807, 2.05) is 24.3 Å². The maximum atomic E-state index is 11.6. The van der Waals surface area contributed by atoms with E-state index in [4.69, 9.17) is 10.2 Å². The summed E-state index contributed by atoms with van der Waals surface area (Å²) in [6, 6.07) is 5.26. The molecule has 150 valence electrons. The van der Waals surface area contributed by atoms with Crippen molar-refractivity contribution < 1.29 is 29.7 Å². The average Bonchev–Trinajstić information content (AvgIpc) is 3.09. The Morgan fingerprint density at radius 3 is 2.69 bits per heavy atom. The first-order chi connectivity index (χ1) is 13.8. The van der Waals surface area contributed by atoms with Gasteiger partial charge in [-0.1, -0.05) is 29.8 Å². The van der Waals surface area contributed by atoms with Crippen molar-refractivity contribution in [3.63, 3.8) is 0 Å². The fraction of sp³-hybridized carbons (Fsp3) is 0.200. The van der Waals surface area contributed by atoms with Gasteiger partial charge >= 0.3 is 17.9 Å². The van der Waals surface area contributed by atoms with Crippen molar-refractivity contribution in [1.82, 2.24) is 10.3 Å². The molecule has 9 heteroatoms. The number of allylic oxidation sites excluding steroid dienone is 2. The SMILES string of the molecule is O=C(O)C1=C/C(=C/C=N[C@H](Cc2c[n-]c3ccccc23)C(=O)O)C[C@@H](C(=O)O)N1. The molecule has 1 aromatic heterocycles. The molecule has 9 nitrogen and oxygen atoms in total. The number of para-hydroxylation sites is 1. The predicted molar refractivity (Wildman–Crippen MR) is 104 cm³/mol. The van der Waals surface area contributed by atoms with Gasteiger partial charge in [-0.05, 0) is 23.1 Å². The summed E-state index contributed by atoms with van der Waals surface area (Å²) in [6.07, 6.45) is 5.82. The van der Waals surface area contributed by atoms with Gasteiger partial charge in [-0.25, -0.2) is 14.4 Å². The number of hydrogen-bond acceptors (Lipinski definition) is 5. The third-order valence-electron chi connectivity index (χ3n) is 4.49. The summed E-state index contributed by atoms with van der Waals surface area (Å²) in [4.78, 5) is 42.3. The Balaban J connectivity index is 1.79. The number of aliphatic imine (C=N–C) groups is 1. The number of carbonyl (C=O) groups is 3. The van der Waals surface area contributed by atoms with E-state index in [9.17, 15) is 19.5 Å². The molecular weight excluding hydrogens is 378 g/mol. The van der Waals surface area contributed by atoms with Crippen LogP contribution in [0, 0.1) is 0 Å². The van der Waals surface area contributed by atoms with Crippen LogP contribution in [0.1, 0.15) is 12.0 Å². The maximum absolute atomic E-state index is 11.6. The number of fused-ring (bicyclic) bond motifs is 1. The zero-order valence-corrected chi connectivity index (χ0v) is 15.1. The number of aromatic nitrogens is 1. The minimum atomic E-state index is -1.28. The molecule has 1 aromatic carbocycles. The second-order valence-corrected chi connectivity index (χ2v) is 6.50. The number of benzene rings is 1. The zero-order chi connectivity index (χ0) is 21.0. The molecule has 1 aliphatic heterocycles. The lowest BCUT2D eigenvalue weighted by molar-refractivity contribution is -0.140. The quantitative estimate of drug-likeness (QED) is 0.510. The van der Waals surface area contributed by atoms with E-state index in [-0.39, 0.29) is 18.5 Å². The van der Waals surface area contributed by atoms with Crippen molar-refractivity contribution in [2.75, 3.05) is 0 Å². The van der Waals surface area contributed by atoms with Gasteiger partial charge in [0, 0.05) is 19.1 Å². The molecule has 0 amide bonds. The molecule has 0 fully saturated rings. The number of carboxylic acid groups (broad SMARTS) is 3. The van der Waals surface area contributed by atoms with E-state index in [1.165, 1.54) is 18.4 Å². The number of rotatable bonds is 7. The van der Waals surface area contributed by atoms with Crippen LogP contribution in [0.3, 0.4) is 0 Å². The Kier molecular flexibility index (Phi) is 5.77. The van der Waals surface area contributed by atoms with Gasteiger partial charge in [0.05, 0.1) is 0 Å². The molecule has 29 heavy (non-hydrogen) atoms. The van der Waals surface area contributed by atoms with Crippen molar-refractivity contribution in [2.45, 2.75) is 24.9 Å². The first-order valence-corrected chi connectivity index (χ1v) is 8.74. The van der Waals surface area contributed by atoms with Crippen molar-refractivity contribution in [3.05, 3.63) is 59.4 Å².